The molecule has 0 radical (unpaired) electrons. The first-order valence-electron chi connectivity index (χ1n) is 9.41. The summed E-state index contributed by atoms with van der Waals surface area (Å²) in [5.41, 5.74) is 2.56. The zero-order valence-electron chi connectivity index (χ0n) is 15.7. The third kappa shape index (κ3) is 2.96. The second kappa shape index (κ2) is 6.66. The molecule has 4 aromatic rings. The molecule has 0 saturated carbocycles. The predicted octanol–water partition coefficient (Wildman–Crippen LogP) is 5.01. The normalized spacial score (nSPS) is 13.6. The smallest absolute Gasteiger partial charge is 0.269 e. The Morgan fingerprint density at radius 2 is 1.97 bits per heavy atom. The van der Waals surface area contributed by atoms with Crippen LogP contribution in [-0.2, 0) is 12.8 Å². The number of aromatic amines is 1. The largest absolute Gasteiger partial charge is 0.453 e. The van der Waals surface area contributed by atoms with Gasteiger partial charge in [-0.15, -0.1) is 11.3 Å². The number of nitrogens with zero attached hydrogens (tertiary/aromatic N) is 2. The second-order valence-corrected chi connectivity index (χ2v) is 8.31. The van der Waals surface area contributed by atoms with E-state index in [0.29, 0.717) is 22.7 Å². The monoisotopic (exact) mass is 407 g/mol. The number of benzene rings is 1. The van der Waals surface area contributed by atoms with Gasteiger partial charge < -0.3 is 9.40 Å². The number of nitro benzene ring substituents is 1. The van der Waals surface area contributed by atoms with Crippen molar-refractivity contribution in [2.24, 2.45) is 0 Å². The summed E-state index contributed by atoms with van der Waals surface area (Å²) in [6, 6.07) is 8.18. The fourth-order valence-electron chi connectivity index (χ4n) is 3.93. The molecule has 5 rings (SSSR count). The minimum atomic E-state index is -0.422. The van der Waals surface area contributed by atoms with Crippen molar-refractivity contribution in [3.05, 3.63) is 66.8 Å². The predicted molar refractivity (Wildman–Crippen MR) is 111 cm³/mol. The van der Waals surface area contributed by atoms with Crippen molar-refractivity contribution < 1.29 is 9.34 Å². The topological polar surface area (TPSA) is 102 Å². The Kier molecular flexibility index (Phi) is 4.09. The Balaban J connectivity index is 1.56. The minimum absolute atomic E-state index is 0.0381. The highest BCUT2D eigenvalue weighted by atomic mass is 32.1. The number of thiophene rings is 1. The number of nitro groups is 1. The molecular weight excluding hydrogens is 390 g/mol. The summed E-state index contributed by atoms with van der Waals surface area (Å²) in [7, 11) is 0. The number of rotatable bonds is 3. The van der Waals surface area contributed by atoms with Gasteiger partial charge in [0.05, 0.1) is 10.3 Å². The van der Waals surface area contributed by atoms with Crippen molar-refractivity contribution in [1.29, 1.82) is 0 Å². The molecule has 7 nitrogen and oxygen atoms in total. The van der Waals surface area contributed by atoms with Gasteiger partial charge in [0.2, 0.25) is 0 Å². The lowest BCUT2D eigenvalue weighted by atomic mass is 9.97. The van der Waals surface area contributed by atoms with Crippen LogP contribution in [0.3, 0.4) is 0 Å². The highest BCUT2D eigenvalue weighted by molar-refractivity contribution is 7.18. The standard InChI is InChI=1S/C21H17N3O4S/c1-11-10-12(24(26)27)6-7-13(11)15-8-9-16(28-15)19-22-20(25)18-14-4-2-3-5-17(14)29-21(18)23-19/h6-10H,2-5H2,1H3,(H,22,23,25). The number of fused-ring (bicyclic) bond motifs is 3. The maximum Gasteiger partial charge on any atom is 0.269 e. The SMILES string of the molecule is Cc1cc([N+](=O)[O-])ccc1-c1ccc(-c2nc3sc4c(c3c(=O)[nH]2)CCCC4)o1. The highest BCUT2D eigenvalue weighted by Gasteiger charge is 2.21. The number of aromatic nitrogens is 2. The molecule has 1 aliphatic carbocycles. The van der Waals surface area contributed by atoms with Crippen molar-refractivity contribution in [2.75, 3.05) is 0 Å². The summed E-state index contributed by atoms with van der Waals surface area (Å²) in [6.07, 6.45) is 4.20. The van der Waals surface area contributed by atoms with Crippen LogP contribution in [0, 0.1) is 17.0 Å². The minimum Gasteiger partial charge on any atom is -0.453 e. The molecule has 3 aromatic heterocycles. The zero-order valence-corrected chi connectivity index (χ0v) is 16.5. The number of furan rings is 1. The Bertz CT molecular complexity index is 1330. The van der Waals surface area contributed by atoms with E-state index in [-0.39, 0.29) is 11.2 Å². The molecule has 146 valence electrons. The molecule has 0 spiro atoms. The molecular formula is C21H17N3O4S. The molecule has 1 aliphatic rings. The van der Waals surface area contributed by atoms with Crippen LogP contribution in [-0.4, -0.2) is 14.9 Å². The summed E-state index contributed by atoms with van der Waals surface area (Å²) in [6.45, 7) is 1.80. The molecule has 1 N–H and O–H groups in total. The van der Waals surface area contributed by atoms with Gasteiger partial charge in [-0.1, -0.05) is 0 Å². The Morgan fingerprint density at radius 1 is 1.17 bits per heavy atom. The van der Waals surface area contributed by atoms with Gasteiger partial charge in [0.15, 0.2) is 11.6 Å². The van der Waals surface area contributed by atoms with Crippen molar-refractivity contribution in [2.45, 2.75) is 32.6 Å². The van der Waals surface area contributed by atoms with Gasteiger partial charge in [0, 0.05) is 22.6 Å². The Labute approximate surface area is 169 Å². The van der Waals surface area contributed by atoms with Crippen LogP contribution in [0.2, 0.25) is 0 Å². The average Bonchev–Trinajstić information content (AvgIpc) is 3.32. The van der Waals surface area contributed by atoms with Gasteiger partial charge >= 0.3 is 0 Å². The molecule has 8 heteroatoms. The summed E-state index contributed by atoms with van der Waals surface area (Å²) in [5.74, 6) is 1.43. The third-order valence-electron chi connectivity index (χ3n) is 5.35. The third-order valence-corrected chi connectivity index (χ3v) is 6.54. The quantitative estimate of drug-likeness (QED) is 0.380. The van der Waals surface area contributed by atoms with Crippen molar-refractivity contribution in [3.63, 3.8) is 0 Å². The van der Waals surface area contributed by atoms with Crippen LogP contribution in [0.25, 0.3) is 33.1 Å². The zero-order chi connectivity index (χ0) is 20.1. The molecule has 0 saturated heterocycles. The molecule has 1 aromatic carbocycles. The molecule has 29 heavy (non-hydrogen) atoms. The van der Waals surface area contributed by atoms with Crippen LogP contribution in [0.4, 0.5) is 5.69 Å². The molecule has 0 bridgehead atoms. The first-order valence-corrected chi connectivity index (χ1v) is 10.2. The van der Waals surface area contributed by atoms with E-state index in [9.17, 15) is 14.9 Å². The number of hydrogen-bond acceptors (Lipinski definition) is 6. The van der Waals surface area contributed by atoms with E-state index in [4.69, 9.17) is 4.42 Å². The number of H-pyrrole nitrogens is 1. The van der Waals surface area contributed by atoms with Gasteiger partial charge in [-0.2, -0.15) is 0 Å². The number of nitrogens with one attached hydrogen (secondary N) is 1. The van der Waals surface area contributed by atoms with E-state index in [1.807, 2.05) is 0 Å². The highest BCUT2D eigenvalue weighted by Crippen LogP contribution is 2.35. The maximum atomic E-state index is 12.7. The summed E-state index contributed by atoms with van der Waals surface area (Å²) < 4.78 is 5.95. The lowest BCUT2D eigenvalue weighted by Crippen LogP contribution is -2.11. The van der Waals surface area contributed by atoms with E-state index in [1.165, 1.54) is 17.0 Å². The van der Waals surface area contributed by atoms with Gasteiger partial charge in [0.1, 0.15) is 10.6 Å². The van der Waals surface area contributed by atoms with Crippen molar-refractivity contribution in [3.8, 4) is 22.9 Å². The van der Waals surface area contributed by atoms with Gasteiger partial charge in [-0.05, 0) is 61.9 Å². The van der Waals surface area contributed by atoms with Crippen LogP contribution < -0.4 is 5.56 Å². The van der Waals surface area contributed by atoms with Gasteiger partial charge in [-0.3, -0.25) is 14.9 Å². The van der Waals surface area contributed by atoms with E-state index in [0.717, 1.165) is 47.2 Å². The van der Waals surface area contributed by atoms with Crippen LogP contribution in [0.1, 0.15) is 28.8 Å². The summed E-state index contributed by atoms with van der Waals surface area (Å²) >= 11 is 1.60. The molecule has 0 unspecified atom stereocenters. The van der Waals surface area contributed by atoms with E-state index in [1.54, 1.807) is 36.5 Å². The first kappa shape index (κ1) is 17.8. The lowest BCUT2D eigenvalue weighted by Gasteiger charge is -2.09. The molecule has 0 aliphatic heterocycles. The molecule has 0 amide bonds. The molecule has 3 heterocycles. The fourth-order valence-corrected chi connectivity index (χ4v) is 5.19. The average molecular weight is 407 g/mol. The van der Waals surface area contributed by atoms with Crippen LogP contribution in [0.15, 0.2) is 39.5 Å². The van der Waals surface area contributed by atoms with E-state index >= 15 is 0 Å². The number of aryl methyl sites for hydroxylation is 3. The summed E-state index contributed by atoms with van der Waals surface area (Å²) in [4.78, 5) is 32.8. The molecule has 0 atom stereocenters. The van der Waals surface area contributed by atoms with Crippen LogP contribution in [0.5, 0.6) is 0 Å². The number of non-ortho nitro benzene ring substituents is 1. The fraction of sp³-hybridized carbons (Fsp3) is 0.238. The lowest BCUT2D eigenvalue weighted by molar-refractivity contribution is -0.384. The number of hydrogen-bond donors (Lipinski definition) is 1. The van der Waals surface area contributed by atoms with Gasteiger partial charge in [-0.25, -0.2) is 4.98 Å². The van der Waals surface area contributed by atoms with E-state index in [2.05, 4.69) is 9.97 Å². The van der Waals surface area contributed by atoms with Crippen molar-refractivity contribution in [1.82, 2.24) is 9.97 Å². The Hall–Kier alpha value is -3.26. The first-order chi connectivity index (χ1) is 14.0. The van der Waals surface area contributed by atoms with E-state index < -0.39 is 4.92 Å². The Morgan fingerprint density at radius 3 is 2.76 bits per heavy atom. The van der Waals surface area contributed by atoms with Crippen molar-refractivity contribution >= 4 is 27.2 Å². The second-order valence-electron chi connectivity index (χ2n) is 7.23. The maximum absolute atomic E-state index is 12.7. The summed E-state index contributed by atoms with van der Waals surface area (Å²) in [5, 5.41) is 11.7. The van der Waals surface area contributed by atoms with Gasteiger partial charge in [0.25, 0.3) is 11.2 Å². The molecule has 0 fully saturated rings. The van der Waals surface area contributed by atoms with Crippen LogP contribution >= 0.6 is 11.3 Å².